The van der Waals surface area contributed by atoms with Crippen LogP contribution in [0.4, 0.5) is 0 Å². The number of hydrogen-bond donors (Lipinski definition) is 1. The molecular formula is C13H12ClNO3S. The van der Waals surface area contributed by atoms with Crippen LogP contribution in [0.5, 0.6) is 5.75 Å². The summed E-state index contributed by atoms with van der Waals surface area (Å²) in [7, 11) is 0. The third-order valence-corrected chi connectivity index (χ3v) is 3.53. The Morgan fingerprint density at radius 1 is 1.53 bits per heavy atom. The molecule has 0 saturated heterocycles. The molecular weight excluding hydrogens is 286 g/mol. The molecule has 1 aromatic heterocycles. The van der Waals surface area contributed by atoms with Gasteiger partial charge < -0.3 is 9.84 Å². The predicted molar refractivity (Wildman–Crippen MR) is 74.6 cm³/mol. The Bertz CT molecular complexity index is 597. The fourth-order valence-corrected chi connectivity index (χ4v) is 2.57. The van der Waals surface area contributed by atoms with E-state index in [1.165, 1.54) is 17.4 Å². The van der Waals surface area contributed by atoms with E-state index in [0.29, 0.717) is 27.9 Å². The van der Waals surface area contributed by atoms with Gasteiger partial charge in [-0.25, -0.2) is 4.98 Å². The second-order valence-corrected chi connectivity index (χ2v) is 5.08. The van der Waals surface area contributed by atoms with Crippen molar-refractivity contribution < 1.29 is 14.6 Å². The number of carbonyl (C=O) groups excluding carboxylic acids is 1. The van der Waals surface area contributed by atoms with E-state index in [9.17, 15) is 9.90 Å². The lowest BCUT2D eigenvalue weighted by Gasteiger charge is -2.01. The van der Waals surface area contributed by atoms with E-state index in [1.807, 2.05) is 0 Å². The van der Waals surface area contributed by atoms with E-state index >= 15 is 0 Å². The minimum Gasteiger partial charge on any atom is -0.507 e. The molecule has 0 aliphatic heterocycles. The van der Waals surface area contributed by atoms with Crippen molar-refractivity contribution in [1.29, 1.82) is 0 Å². The van der Waals surface area contributed by atoms with E-state index in [-0.39, 0.29) is 18.1 Å². The van der Waals surface area contributed by atoms with Crippen LogP contribution >= 0.6 is 22.9 Å². The minimum absolute atomic E-state index is 0.112. The number of aromatic nitrogens is 1. The van der Waals surface area contributed by atoms with Crippen LogP contribution < -0.4 is 0 Å². The first-order chi connectivity index (χ1) is 9.10. The first-order valence-electron chi connectivity index (χ1n) is 5.69. The summed E-state index contributed by atoms with van der Waals surface area (Å²) in [5, 5.41) is 12.7. The number of phenols is 1. The number of phenolic OH excluding ortho intramolecular Hbond substituents is 1. The van der Waals surface area contributed by atoms with Gasteiger partial charge in [0, 0.05) is 10.4 Å². The molecule has 0 amide bonds. The van der Waals surface area contributed by atoms with E-state index in [4.69, 9.17) is 16.3 Å². The quantitative estimate of drug-likeness (QED) is 0.880. The molecule has 0 fully saturated rings. The summed E-state index contributed by atoms with van der Waals surface area (Å²) in [5.74, 6) is -0.198. The molecule has 0 radical (unpaired) electrons. The summed E-state index contributed by atoms with van der Waals surface area (Å²) in [4.78, 5) is 15.7. The van der Waals surface area contributed by atoms with Gasteiger partial charge in [-0.15, -0.1) is 11.3 Å². The highest BCUT2D eigenvalue weighted by atomic mass is 35.5. The van der Waals surface area contributed by atoms with Crippen molar-refractivity contribution in [3.8, 4) is 16.3 Å². The van der Waals surface area contributed by atoms with Crippen LogP contribution in [0.2, 0.25) is 5.02 Å². The molecule has 0 spiro atoms. The van der Waals surface area contributed by atoms with E-state index in [1.54, 1.807) is 24.4 Å². The molecule has 4 nitrogen and oxygen atoms in total. The SMILES string of the molecule is CCOC(=O)Cc1csc(-c2cc(Cl)ccc2O)n1. The number of nitrogens with zero attached hydrogens (tertiary/aromatic N) is 1. The van der Waals surface area contributed by atoms with Crippen LogP contribution in [0.15, 0.2) is 23.6 Å². The highest BCUT2D eigenvalue weighted by molar-refractivity contribution is 7.13. The molecule has 1 heterocycles. The molecule has 0 aliphatic carbocycles. The Morgan fingerprint density at radius 2 is 2.32 bits per heavy atom. The number of rotatable bonds is 4. The van der Waals surface area contributed by atoms with Crippen LogP contribution in [0.1, 0.15) is 12.6 Å². The molecule has 1 N–H and O–H groups in total. The van der Waals surface area contributed by atoms with Gasteiger partial charge in [-0.05, 0) is 25.1 Å². The number of hydrogen-bond acceptors (Lipinski definition) is 5. The Balaban J connectivity index is 2.21. The molecule has 100 valence electrons. The van der Waals surface area contributed by atoms with E-state index < -0.39 is 0 Å². The molecule has 0 atom stereocenters. The largest absolute Gasteiger partial charge is 0.507 e. The van der Waals surface area contributed by atoms with Gasteiger partial charge in [0.2, 0.25) is 0 Å². The van der Waals surface area contributed by atoms with Crippen LogP contribution in [0, 0.1) is 0 Å². The molecule has 0 bridgehead atoms. The Hall–Kier alpha value is -1.59. The highest BCUT2D eigenvalue weighted by Gasteiger charge is 2.12. The summed E-state index contributed by atoms with van der Waals surface area (Å²) in [6.07, 6.45) is 0.131. The van der Waals surface area contributed by atoms with Crippen molar-refractivity contribution in [3.63, 3.8) is 0 Å². The smallest absolute Gasteiger partial charge is 0.311 e. The van der Waals surface area contributed by atoms with Gasteiger partial charge in [-0.3, -0.25) is 4.79 Å². The van der Waals surface area contributed by atoms with E-state index in [0.717, 1.165) is 0 Å². The predicted octanol–water partition coefficient (Wildman–Crippen LogP) is 3.27. The fraction of sp³-hybridized carbons (Fsp3) is 0.231. The molecule has 19 heavy (non-hydrogen) atoms. The number of thiazole rings is 1. The first-order valence-corrected chi connectivity index (χ1v) is 6.95. The van der Waals surface area contributed by atoms with Crippen LogP contribution in [0.25, 0.3) is 10.6 Å². The minimum atomic E-state index is -0.310. The molecule has 1 aromatic carbocycles. The van der Waals surface area contributed by atoms with Crippen molar-refractivity contribution in [2.75, 3.05) is 6.61 Å². The maximum atomic E-state index is 11.4. The van der Waals surface area contributed by atoms with Crippen molar-refractivity contribution in [3.05, 3.63) is 34.3 Å². The number of esters is 1. The molecule has 0 unspecified atom stereocenters. The van der Waals surface area contributed by atoms with Gasteiger partial charge in [-0.1, -0.05) is 11.6 Å². The monoisotopic (exact) mass is 297 g/mol. The van der Waals surface area contributed by atoms with Gasteiger partial charge in [-0.2, -0.15) is 0 Å². The van der Waals surface area contributed by atoms with Gasteiger partial charge in [0.1, 0.15) is 10.8 Å². The number of aromatic hydroxyl groups is 1. The maximum Gasteiger partial charge on any atom is 0.311 e. The van der Waals surface area contributed by atoms with Crippen molar-refractivity contribution >= 4 is 28.9 Å². The number of halogens is 1. The first kappa shape index (κ1) is 13.8. The highest BCUT2D eigenvalue weighted by Crippen LogP contribution is 2.33. The van der Waals surface area contributed by atoms with Crippen molar-refractivity contribution in [2.45, 2.75) is 13.3 Å². The van der Waals surface area contributed by atoms with Crippen molar-refractivity contribution in [2.24, 2.45) is 0 Å². The summed E-state index contributed by atoms with van der Waals surface area (Å²) in [6.45, 7) is 2.11. The lowest BCUT2D eigenvalue weighted by molar-refractivity contribution is -0.142. The van der Waals surface area contributed by atoms with Gasteiger partial charge in [0.05, 0.1) is 24.3 Å². The van der Waals surface area contributed by atoms with Crippen LogP contribution in [-0.4, -0.2) is 22.7 Å². The molecule has 6 heteroatoms. The van der Waals surface area contributed by atoms with E-state index in [2.05, 4.69) is 4.98 Å². The Labute approximate surface area is 119 Å². The molecule has 0 aliphatic rings. The average Bonchev–Trinajstić information content (AvgIpc) is 2.81. The number of benzene rings is 1. The van der Waals surface area contributed by atoms with Gasteiger partial charge >= 0.3 is 5.97 Å². The fourth-order valence-electron chi connectivity index (χ4n) is 1.55. The second kappa shape index (κ2) is 6.04. The zero-order chi connectivity index (χ0) is 13.8. The lowest BCUT2D eigenvalue weighted by atomic mass is 10.2. The standard InChI is InChI=1S/C13H12ClNO3S/c1-2-18-12(17)6-9-7-19-13(15-9)10-5-8(14)3-4-11(10)16/h3-5,7,16H,2,6H2,1H3. The summed E-state index contributed by atoms with van der Waals surface area (Å²) < 4.78 is 4.86. The lowest BCUT2D eigenvalue weighted by Crippen LogP contribution is -2.07. The summed E-state index contributed by atoms with van der Waals surface area (Å²) in [6, 6.07) is 4.77. The summed E-state index contributed by atoms with van der Waals surface area (Å²) in [5.41, 5.74) is 1.19. The third-order valence-electron chi connectivity index (χ3n) is 2.37. The van der Waals surface area contributed by atoms with Crippen LogP contribution in [0.3, 0.4) is 0 Å². The van der Waals surface area contributed by atoms with Crippen LogP contribution in [-0.2, 0) is 16.0 Å². The number of ether oxygens (including phenoxy) is 1. The van der Waals surface area contributed by atoms with Crippen molar-refractivity contribution in [1.82, 2.24) is 4.98 Å². The Morgan fingerprint density at radius 3 is 3.05 bits per heavy atom. The average molecular weight is 298 g/mol. The zero-order valence-corrected chi connectivity index (χ0v) is 11.8. The topological polar surface area (TPSA) is 59.4 Å². The molecule has 2 rings (SSSR count). The molecule has 0 saturated carbocycles. The third kappa shape index (κ3) is 3.45. The zero-order valence-electron chi connectivity index (χ0n) is 10.2. The normalized spacial score (nSPS) is 10.4. The maximum absolute atomic E-state index is 11.4. The summed E-state index contributed by atoms with van der Waals surface area (Å²) >= 11 is 7.24. The Kier molecular flexibility index (Phi) is 4.39. The second-order valence-electron chi connectivity index (χ2n) is 3.79. The van der Waals surface area contributed by atoms with Gasteiger partial charge in [0.25, 0.3) is 0 Å². The molecule has 2 aromatic rings. The number of carbonyl (C=O) groups is 1. The van der Waals surface area contributed by atoms with Gasteiger partial charge in [0.15, 0.2) is 0 Å².